The number of halogens is 1. The van der Waals surface area contributed by atoms with Crippen molar-refractivity contribution in [2.75, 3.05) is 6.54 Å². The summed E-state index contributed by atoms with van der Waals surface area (Å²) in [5.74, 6) is -2.64. The molecule has 0 aliphatic heterocycles. The normalized spacial score (nSPS) is 10.5. The van der Waals surface area contributed by atoms with Gasteiger partial charge in [-0.05, 0) is 24.3 Å². The third-order valence-corrected chi connectivity index (χ3v) is 3.13. The Morgan fingerprint density at radius 2 is 2.00 bits per heavy atom. The molecule has 26 heavy (non-hydrogen) atoms. The predicted molar refractivity (Wildman–Crippen MR) is 89.2 cm³/mol. The average molecular weight is 360 g/mol. The van der Waals surface area contributed by atoms with Crippen molar-refractivity contribution in [2.24, 2.45) is 5.10 Å². The number of nitro groups is 1. The lowest BCUT2D eigenvalue weighted by molar-refractivity contribution is -0.385. The fraction of sp³-hybridized carbons (Fsp3) is 0.0625. The number of amides is 2. The molecule has 0 radical (unpaired) electrons. The van der Waals surface area contributed by atoms with E-state index in [1.54, 1.807) is 0 Å². The van der Waals surface area contributed by atoms with Gasteiger partial charge in [0.1, 0.15) is 5.82 Å². The van der Waals surface area contributed by atoms with Crippen LogP contribution in [0.15, 0.2) is 47.6 Å². The van der Waals surface area contributed by atoms with Gasteiger partial charge in [0, 0.05) is 11.6 Å². The Morgan fingerprint density at radius 3 is 2.69 bits per heavy atom. The summed E-state index contributed by atoms with van der Waals surface area (Å²) >= 11 is 0. The smallest absolute Gasteiger partial charge is 0.311 e. The van der Waals surface area contributed by atoms with E-state index < -0.39 is 40.5 Å². The van der Waals surface area contributed by atoms with Crippen LogP contribution < -0.4 is 10.7 Å². The lowest BCUT2D eigenvalue weighted by atomic mass is 10.2. The van der Waals surface area contributed by atoms with Crippen LogP contribution in [0.4, 0.5) is 10.1 Å². The van der Waals surface area contributed by atoms with Crippen LogP contribution in [0.5, 0.6) is 5.75 Å². The molecule has 2 rings (SSSR count). The molecule has 0 aliphatic carbocycles. The van der Waals surface area contributed by atoms with Crippen molar-refractivity contribution >= 4 is 23.7 Å². The second kappa shape index (κ2) is 8.33. The highest BCUT2D eigenvalue weighted by molar-refractivity contribution is 5.96. The SMILES string of the molecule is O=C(CNC(=O)c1ccccc1F)NN=Cc1ccc(O)c([N+](=O)[O-])c1. The number of nitrogens with one attached hydrogen (secondary N) is 2. The van der Waals surface area contributed by atoms with Gasteiger partial charge in [0.15, 0.2) is 5.75 Å². The molecule has 0 unspecified atom stereocenters. The molecule has 2 aromatic rings. The summed E-state index contributed by atoms with van der Waals surface area (Å²) in [7, 11) is 0. The first-order chi connectivity index (χ1) is 12.4. The van der Waals surface area contributed by atoms with E-state index in [9.17, 15) is 29.2 Å². The Hall–Kier alpha value is -3.82. The maximum atomic E-state index is 13.4. The number of rotatable bonds is 6. The first kappa shape index (κ1) is 18.5. The number of hydrogen-bond donors (Lipinski definition) is 3. The largest absolute Gasteiger partial charge is 0.502 e. The zero-order valence-corrected chi connectivity index (χ0v) is 13.2. The van der Waals surface area contributed by atoms with Gasteiger partial charge >= 0.3 is 5.69 Å². The highest BCUT2D eigenvalue weighted by Gasteiger charge is 2.13. The molecule has 0 fully saturated rings. The van der Waals surface area contributed by atoms with Crippen LogP contribution >= 0.6 is 0 Å². The van der Waals surface area contributed by atoms with E-state index in [1.165, 1.54) is 24.3 Å². The molecule has 0 atom stereocenters. The fourth-order valence-electron chi connectivity index (χ4n) is 1.89. The van der Waals surface area contributed by atoms with E-state index in [-0.39, 0.29) is 11.1 Å². The molecular formula is C16H13FN4O5. The number of benzene rings is 2. The van der Waals surface area contributed by atoms with Crippen LogP contribution in [0.2, 0.25) is 0 Å². The quantitative estimate of drug-likeness (QED) is 0.406. The number of carbonyl (C=O) groups excluding carboxylic acids is 2. The number of aromatic hydroxyl groups is 1. The number of hydrazone groups is 1. The third-order valence-electron chi connectivity index (χ3n) is 3.13. The molecule has 0 aromatic heterocycles. The van der Waals surface area contributed by atoms with Crippen molar-refractivity contribution in [3.63, 3.8) is 0 Å². The van der Waals surface area contributed by atoms with E-state index in [0.717, 1.165) is 24.4 Å². The Kier molecular flexibility index (Phi) is 5.93. The van der Waals surface area contributed by atoms with Gasteiger partial charge in [0.25, 0.3) is 11.8 Å². The van der Waals surface area contributed by atoms with Crippen molar-refractivity contribution < 1.29 is 24.0 Å². The minimum atomic E-state index is -0.760. The highest BCUT2D eigenvalue weighted by Crippen LogP contribution is 2.25. The summed E-state index contributed by atoms with van der Waals surface area (Å²) in [4.78, 5) is 33.3. The van der Waals surface area contributed by atoms with Gasteiger partial charge in [-0.2, -0.15) is 5.10 Å². The predicted octanol–water partition coefficient (Wildman–Crippen LogP) is 1.32. The lowest BCUT2D eigenvalue weighted by Crippen LogP contribution is -2.35. The second-order valence-electron chi connectivity index (χ2n) is 4.96. The Balaban J connectivity index is 1.88. The molecule has 134 valence electrons. The zero-order chi connectivity index (χ0) is 19.1. The van der Waals surface area contributed by atoms with Crippen molar-refractivity contribution in [3.05, 3.63) is 69.5 Å². The minimum Gasteiger partial charge on any atom is -0.502 e. The van der Waals surface area contributed by atoms with E-state index >= 15 is 0 Å². The van der Waals surface area contributed by atoms with Gasteiger partial charge in [-0.15, -0.1) is 0 Å². The summed E-state index contributed by atoms with van der Waals surface area (Å²) in [6.45, 7) is -0.444. The fourth-order valence-corrected chi connectivity index (χ4v) is 1.89. The zero-order valence-electron chi connectivity index (χ0n) is 13.2. The minimum absolute atomic E-state index is 0.194. The number of phenols is 1. The maximum absolute atomic E-state index is 13.4. The molecule has 3 N–H and O–H groups in total. The molecule has 0 saturated carbocycles. The number of phenolic OH excluding ortho intramolecular Hbond substituents is 1. The van der Waals surface area contributed by atoms with Crippen molar-refractivity contribution in [3.8, 4) is 5.75 Å². The van der Waals surface area contributed by atoms with Crippen LogP contribution in [-0.2, 0) is 4.79 Å². The second-order valence-corrected chi connectivity index (χ2v) is 4.96. The van der Waals surface area contributed by atoms with Gasteiger partial charge in [-0.25, -0.2) is 9.82 Å². The Morgan fingerprint density at radius 1 is 1.27 bits per heavy atom. The molecule has 2 amide bonds. The van der Waals surface area contributed by atoms with Gasteiger partial charge < -0.3 is 10.4 Å². The molecule has 0 bridgehead atoms. The van der Waals surface area contributed by atoms with E-state index in [0.29, 0.717) is 0 Å². The monoisotopic (exact) mass is 360 g/mol. The van der Waals surface area contributed by atoms with Crippen LogP contribution in [0.25, 0.3) is 0 Å². The van der Waals surface area contributed by atoms with Crippen molar-refractivity contribution in [1.29, 1.82) is 0 Å². The standard InChI is InChI=1S/C16H13FN4O5/c17-12-4-2-1-3-11(12)16(24)18-9-15(23)20-19-8-10-5-6-14(22)13(7-10)21(25)26/h1-8,22H,9H2,(H,18,24)(H,20,23). The van der Waals surface area contributed by atoms with Crippen LogP contribution in [0, 0.1) is 15.9 Å². The van der Waals surface area contributed by atoms with Crippen LogP contribution in [0.1, 0.15) is 15.9 Å². The van der Waals surface area contributed by atoms with Gasteiger partial charge in [0.05, 0.1) is 23.2 Å². The first-order valence-electron chi connectivity index (χ1n) is 7.20. The van der Waals surface area contributed by atoms with Crippen LogP contribution in [-0.4, -0.2) is 34.6 Å². The molecular weight excluding hydrogens is 347 g/mol. The molecule has 0 spiro atoms. The number of nitro benzene ring substituents is 1. The number of nitrogens with zero attached hydrogens (tertiary/aromatic N) is 2. The van der Waals surface area contributed by atoms with E-state index in [1.807, 2.05) is 0 Å². The molecule has 0 saturated heterocycles. The van der Waals surface area contributed by atoms with E-state index in [2.05, 4.69) is 15.8 Å². The van der Waals surface area contributed by atoms with Crippen molar-refractivity contribution in [2.45, 2.75) is 0 Å². The summed E-state index contributed by atoms with van der Waals surface area (Å²) in [6, 6.07) is 8.87. The topological polar surface area (TPSA) is 134 Å². The van der Waals surface area contributed by atoms with Crippen molar-refractivity contribution in [1.82, 2.24) is 10.7 Å². The molecule has 9 nitrogen and oxygen atoms in total. The Labute approximate surface area is 146 Å². The maximum Gasteiger partial charge on any atom is 0.311 e. The summed E-state index contributed by atoms with van der Waals surface area (Å²) in [5, 5.41) is 25.9. The summed E-state index contributed by atoms with van der Waals surface area (Å²) in [5.41, 5.74) is 1.68. The number of carbonyl (C=O) groups is 2. The first-order valence-corrected chi connectivity index (χ1v) is 7.20. The molecule has 2 aromatic carbocycles. The van der Waals surface area contributed by atoms with Gasteiger partial charge in [0.2, 0.25) is 0 Å². The lowest BCUT2D eigenvalue weighted by Gasteiger charge is -2.05. The third kappa shape index (κ3) is 4.84. The summed E-state index contributed by atoms with van der Waals surface area (Å²) in [6.07, 6.45) is 1.13. The van der Waals surface area contributed by atoms with Gasteiger partial charge in [-0.1, -0.05) is 12.1 Å². The summed E-state index contributed by atoms with van der Waals surface area (Å²) < 4.78 is 13.4. The Bertz CT molecular complexity index is 885. The molecule has 10 heteroatoms. The van der Waals surface area contributed by atoms with Crippen LogP contribution in [0.3, 0.4) is 0 Å². The number of hydrogen-bond acceptors (Lipinski definition) is 6. The average Bonchev–Trinajstić information content (AvgIpc) is 2.61. The van der Waals surface area contributed by atoms with E-state index in [4.69, 9.17) is 0 Å². The van der Waals surface area contributed by atoms with Gasteiger partial charge in [-0.3, -0.25) is 19.7 Å². The molecule has 0 heterocycles. The molecule has 0 aliphatic rings. The highest BCUT2D eigenvalue weighted by atomic mass is 19.1.